The largest absolute Gasteiger partial charge is 0.444 e. The number of aromatic nitrogens is 1. The summed E-state index contributed by atoms with van der Waals surface area (Å²) in [6.45, 7) is 0.934. The fraction of sp³-hybridized carbons (Fsp3) is 0.421. The van der Waals surface area contributed by atoms with Crippen molar-refractivity contribution in [2.45, 2.75) is 44.3 Å². The summed E-state index contributed by atoms with van der Waals surface area (Å²) in [5.41, 5.74) is 11.4. The van der Waals surface area contributed by atoms with Crippen LogP contribution in [-0.4, -0.2) is 29.8 Å². The van der Waals surface area contributed by atoms with Crippen LogP contribution in [0.15, 0.2) is 47.9 Å². The third kappa shape index (κ3) is 5.57. The summed E-state index contributed by atoms with van der Waals surface area (Å²) < 4.78 is 5.14. The van der Waals surface area contributed by atoms with E-state index in [2.05, 4.69) is 21.3 Å². The number of nitrogens with one attached hydrogen (secondary N) is 2. The number of hydrogen-bond donors (Lipinski definition) is 3. The van der Waals surface area contributed by atoms with E-state index in [9.17, 15) is 4.79 Å². The molecule has 1 aromatic rings. The Hall–Kier alpha value is -2.40. The molecule has 0 aliphatic heterocycles. The minimum Gasteiger partial charge on any atom is -0.444 e. The molecule has 2 aliphatic rings. The zero-order valence-corrected chi connectivity index (χ0v) is 14.2. The highest BCUT2D eigenvalue weighted by atomic mass is 16.5. The number of nitrogens with zero attached hydrogens (tertiary/aromatic N) is 1. The first-order chi connectivity index (χ1) is 12.2. The molecular formula is C19H24N4O2. The van der Waals surface area contributed by atoms with E-state index < -0.39 is 6.09 Å². The molecule has 0 radical (unpaired) electrons. The van der Waals surface area contributed by atoms with Crippen molar-refractivity contribution in [3.63, 3.8) is 0 Å². The quantitative estimate of drug-likeness (QED) is 0.693. The second-order valence-corrected chi connectivity index (χ2v) is 6.46. The van der Waals surface area contributed by atoms with Crippen LogP contribution < -0.4 is 16.4 Å². The summed E-state index contributed by atoms with van der Waals surface area (Å²) in [5.74, 6) is 0. The average molecular weight is 340 g/mol. The average Bonchev–Trinajstić information content (AvgIpc) is 3.13. The molecule has 6 heteroatoms. The molecule has 0 saturated heterocycles. The lowest BCUT2D eigenvalue weighted by atomic mass is 9.91. The first kappa shape index (κ1) is 17.4. The molecule has 3 rings (SSSR count). The number of rotatable bonds is 6. The van der Waals surface area contributed by atoms with E-state index in [4.69, 9.17) is 10.5 Å². The third-order valence-electron chi connectivity index (χ3n) is 4.39. The van der Waals surface area contributed by atoms with Crippen LogP contribution in [0, 0.1) is 0 Å². The number of ether oxygens (including phenoxy) is 1. The molecule has 1 aromatic heterocycles. The Morgan fingerprint density at radius 1 is 1.40 bits per heavy atom. The molecule has 132 valence electrons. The van der Waals surface area contributed by atoms with Crippen molar-refractivity contribution in [2.75, 3.05) is 11.9 Å². The van der Waals surface area contributed by atoms with E-state index in [1.54, 1.807) is 18.3 Å². The molecule has 1 fully saturated rings. The Bertz CT molecular complexity index is 690. The van der Waals surface area contributed by atoms with Gasteiger partial charge in [0.2, 0.25) is 0 Å². The normalized spacial score (nSPS) is 21.9. The van der Waals surface area contributed by atoms with Gasteiger partial charge in [0, 0.05) is 18.6 Å². The molecule has 4 N–H and O–H groups in total. The predicted molar refractivity (Wildman–Crippen MR) is 97.0 cm³/mol. The molecule has 0 spiro atoms. The number of amides is 1. The number of anilines is 1. The van der Waals surface area contributed by atoms with Gasteiger partial charge in [-0.1, -0.05) is 6.42 Å². The van der Waals surface area contributed by atoms with E-state index in [1.165, 1.54) is 12.8 Å². The van der Waals surface area contributed by atoms with Gasteiger partial charge in [-0.25, -0.2) is 4.79 Å². The van der Waals surface area contributed by atoms with Gasteiger partial charge in [0.1, 0.15) is 6.61 Å². The van der Waals surface area contributed by atoms with Gasteiger partial charge in [0.25, 0.3) is 0 Å². The first-order valence-corrected chi connectivity index (χ1v) is 8.68. The molecule has 0 aromatic carbocycles. The molecule has 25 heavy (non-hydrogen) atoms. The highest BCUT2D eigenvalue weighted by Gasteiger charge is 2.18. The monoisotopic (exact) mass is 340 g/mol. The third-order valence-corrected chi connectivity index (χ3v) is 4.39. The van der Waals surface area contributed by atoms with E-state index in [-0.39, 0.29) is 6.61 Å². The van der Waals surface area contributed by atoms with Gasteiger partial charge in [-0.2, -0.15) is 0 Å². The van der Waals surface area contributed by atoms with Crippen LogP contribution in [0.25, 0.3) is 0 Å². The Labute approximate surface area is 147 Å². The lowest BCUT2D eigenvalue weighted by Crippen LogP contribution is -2.39. The van der Waals surface area contributed by atoms with Gasteiger partial charge in [0.05, 0.1) is 17.6 Å². The van der Waals surface area contributed by atoms with Crippen molar-refractivity contribution in [1.82, 2.24) is 10.3 Å². The minimum atomic E-state index is -0.495. The fourth-order valence-corrected chi connectivity index (χ4v) is 3.02. The standard InChI is InChI=1S/C19H24N4O2/c20-15-6-3-7-16(10-15)21-11-17-8-9-18(12-22-17)23-19(24)25-13-14-4-1-2-5-14/h1,4-5,8-9,12,15-16,21H,3,6-7,10-11,13,20H2,(H,23,24)/t15-,16+/m1/s1. The second kappa shape index (κ2) is 8.62. The smallest absolute Gasteiger partial charge is 0.412 e. The number of pyridine rings is 1. The van der Waals surface area contributed by atoms with Gasteiger partial charge >= 0.3 is 6.09 Å². The summed E-state index contributed by atoms with van der Waals surface area (Å²) in [4.78, 5) is 16.1. The maximum absolute atomic E-state index is 11.8. The Morgan fingerprint density at radius 2 is 2.32 bits per heavy atom. The van der Waals surface area contributed by atoms with Crippen LogP contribution in [0.2, 0.25) is 0 Å². The van der Waals surface area contributed by atoms with E-state index in [0.717, 1.165) is 24.1 Å². The van der Waals surface area contributed by atoms with Gasteiger partial charge in [0.15, 0.2) is 0 Å². The number of nitrogens with two attached hydrogens (primary N) is 1. The van der Waals surface area contributed by atoms with Crippen molar-refractivity contribution in [3.05, 3.63) is 53.6 Å². The van der Waals surface area contributed by atoms with Crippen molar-refractivity contribution >= 4 is 11.8 Å². The maximum atomic E-state index is 11.8. The number of carbonyl (C=O) groups excluding carboxylic acids is 1. The highest BCUT2D eigenvalue weighted by Crippen LogP contribution is 2.17. The summed E-state index contributed by atoms with van der Waals surface area (Å²) in [7, 11) is 0. The topological polar surface area (TPSA) is 89.3 Å². The Balaban J connectivity index is 1.40. The lowest BCUT2D eigenvalue weighted by molar-refractivity contribution is 0.172. The SMILES string of the molecule is N[C@@H]1CCC[C@H](NCc2ccc(NC(=O)OCC3=CC=C=C3)cn2)C1. The van der Waals surface area contributed by atoms with Crippen molar-refractivity contribution in [3.8, 4) is 0 Å². The molecule has 0 unspecified atom stereocenters. The minimum absolute atomic E-state index is 0.230. The van der Waals surface area contributed by atoms with Crippen molar-refractivity contribution < 1.29 is 9.53 Å². The number of allylic oxidation sites excluding steroid dienone is 1. The lowest BCUT2D eigenvalue weighted by Gasteiger charge is -2.27. The zero-order valence-electron chi connectivity index (χ0n) is 14.2. The maximum Gasteiger partial charge on any atom is 0.412 e. The predicted octanol–water partition coefficient (Wildman–Crippen LogP) is 2.64. The van der Waals surface area contributed by atoms with Crippen LogP contribution in [0.4, 0.5) is 10.5 Å². The molecule has 1 heterocycles. The molecule has 1 saturated carbocycles. The molecular weight excluding hydrogens is 316 g/mol. The van der Waals surface area contributed by atoms with Crippen molar-refractivity contribution in [2.24, 2.45) is 5.73 Å². The molecule has 0 bridgehead atoms. The molecule has 2 atom stereocenters. The Kier molecular flexibility index (Phi) is 6.01. The van der Waals surface area contributed by atoms with Crippen LogP contribution in [0.5, 0.6) is 0 Å². The number of carbonyl (C=O) groups is 1. The second-order valence-electron chi connectivity index (χ2n) is 6.46. The molecule has 2 aliphatic carbocycles. The van der Waals surface area contributed by atoms with E-state index in [0.29, 0.717) is 24.3 Å². The van der Waals surface area contributed by atoms with Gasteiger partial charge in [-0.15, -0.1) is 5.73 Å². The first-order valence-electron chi connectivity index (χ1n) is 8.68. The van der Waals surface area contributed by atoms with Gasteiger partial charge in [-0.05, 0) is 55.2 Å². The van der Waals surface area contributed by atoms with Crippen LogP contribution in [0.3, 0.4) is 0 Å². The van der Waals surface area contributed by atoms with Gasteiger partial charge < -0.3 is 15.8 Å². The summed E-state index contributed by atoms with van der Waals surface area (Å²) >= 11 is 0. The van der Waals surface area contributed by atoms with Crippen molar-refractivity contribution in [1.29, 1.82) is 0 Å². The van der Waals surface area contributed by atoms with E-state index in [1.807, 2.05) is 18.2 Å². The van der Waals surface area contributed by atoms with Crippen LogP contribution in [-0.2, 0) is 11.3 Å². The number of hydrogen-bond acceptors (Lipinski definition) is 5. The van der Waals surface area contributed by atoms with Crippen LogP contribution >= 0.6 is 0 Å². The summed E-state index contributed by atoms with van der Waals surface area (Å²) in [6.07, 6.45) is 11.1. The fourth-order valence-electron chi connectivity index (χ4n) is 3.02. The molecule has 1 amide bonds. The van der Waals surface area contributed by atoms with Gasteiger partial charge in [-0.3, -0.25) is 10.3 Å². The molecule has 6 nitrogen and oxygen atoms in total. The summed E-state index contributed by atoms with van der Waals surface area (Å²) in [5, 5.41) is 6.18. The zero-order chi connectivity index (χ0) is 17.5. The van der Waals surface area contributed by atoms with E-state index >= 15 is 0 Å². The highest BCUT2D eigenvalue weighted by molar-refractivity contribution is 5.84. The Morgan fingerprint density at radius 3 is 3.04 bits per heavy atom. The summed E-state index contributed by atoms with van der Waals surface area (Å²) in [6, 6.07) is 4.50. The van der Waals surface area contributed by atoms with Crippen LogP contribution in [0.1, 0.15) is 31.4 Å².